The molecule has 14 unspecified atom stereocenters. The number of hydrogen-bond acceptors (Lipinski definition) is 17. The third-order valence-corrected chi connectivity index (χ3v) is 15.4. The molecule has 2 aromatic rings. The van der Waals surface area contributed by atoms with Crippen LogP contribution in [0.15, 0.2) is 54.6 Å². The Labute approximate surface area is 425 Å². The maximum Gasteiger partial charge on any atom is 0.338 e. The third-order valence-electron chi connectivity index (χ3n) is 15.4. The van der Waals surface area contributed by atoms with Crippen molar-refractivity contribution in [3.63, 3.8) is 0 Å². The molecule has 0 radical (unpaired) electrons. The molecule has 7 rings (SSSR count). The molecular weight excluding hydrogens is 929 g/mol. The lowest BCUT2D eigenvalue weighted by molar-refractivity contribution is -0.349. The minimum atomic E-state index is -1.62. The van der Waals surface area contributed by atoms with Crippen molar-refractivity contribution in [2.45, 2.75) is 177 Å². The van der Waals surface area contributed by atoms with Crippen LogP contribution in [-0.4, -0.2) is 186 Å². The lowest BCUT2D eigenvalue weighted by Gasteiger charge is -2.48. The van der Waals surface area contributed by atoms with E-state index in [4.69, 9.17) is 28.4 Å². The van der Waals surface area contributed by atoms with Crippen LogP contribution in [0.4, 0.5) is 0 Å². The summed E-state index contributed by atoms with van der Waals surface area (Å²) in [6, 6.07) is 17.0. The Morgan fingerprint density at radius 2 is 1.39 bits per heavy atom. The van der Waals surface area contributed by atoms with E-state index < -0.39 is 98.3 Å². The van der Waals surface area contributed by atoms with Gasteiger partial charge in [-0.25, -0.2) is 9.59 Å². The fourth-order valence-electron chi connectivity index (χ4n) is 11.2. The minimum absolute atomic E-state index is 0.0767. The van der Waals surface area contributed by atoms with Crippen LogP contribution in [0.25, 0.3) is 0 Å². The molecule has 3 heterocycles. The van der Waals surface area contributed by atoms with E-state index in [1.54, 1.807) is 37.3 Å². The van der Waals surface area contributed by atoms with Gasteiger partial charge >= 0.3 is 11.9 Å². The largest absolute Gasteiger partial charge is 0.479 e. The second kappa shape index (κ2) is 28.6. The van der Waals surface area contributed by atoms with Crippen molar-refractivity contribution in [1.29, 1.82) is 0 Å². The van der Waals surface area contributed by atoms with Gasteiger partial charge in [-0.2, -0.15) is 0 Å². The van der Waals surface area contributed by atoms with Crippen molar-refractivity contribution < 1.29 is 68.6 Å². The van der Waals surface area contributed by atoms with Gasteiger partial charge in [0.1, 0.15) is 36.6 Å². The van der Waals surface area contributed by atoms with E-state index in [9.17, 15) is 40.2 Å². The number of aliphatic carboxylic acids is 1. The molecule has 5 aliphatic rings. The van der Waals surface area contributed by atoms with Crippen molar-refractivity contribution in [1.82, 2.24) is 20.9 Å². The van der Waals surface area contributed by atoms with Gasteiger partial charge in [-0.3, -0.25) is 4.90 Å². The zero-order chi connectivity index (χ0) is 51.0. The Morgan fingerprint density at radius 1 is 0.694 bits per heavy atom. The molecule has 0 amide bonds. The van der Waals surface area contributed by atoms with E-state index in [2.05, 4.69) is 45.1 Å². The molecule has 15 atom stereocenters. The first-order valence-corrected chi connectivity index (χ1v) is 26.9. The fourth-order valence-corrected chi connectivity index (χ4v) is 11.2. The van der Waals surface area contributed by atoms with E-state index in [-0.39, 0.29) is 29.7 Å². The molecule has 3 saturated heterocycles. The number of ether oxygens (including phenoxy) is 6. The highest BCUT2D eigenvalue weighted by Gasteiger charge is 2.53. The molecule has 2 saturated carbocycles. The highest BCUT2D eigenvalue weighted by Crippen LogP contribution is 2.40. The number of carbonyl (C=O) groups excluding carboxylic acids is 1. The number of aliphatic hydroxyl groups excluding tert-OH is 5. The quantitative estimate of drug-likeness (QED) is 0.103. The molecule has 9 N–H and O–H groups in total. The van der Waals surface area contributed by atoms with E-state index in [0.717, 1.165) is 117 Å². The van der Waals surface area contributed by atoms with Crippen LogP contribution in [0, 0.1) is 17.8 Å². The Balaban J connectivity index is 1.10. The van der Waals surface area contributed by atoms with E-state index in [0.29, 0.717) is 12.8 Å². The molecule has 404 valence electrons. The molecule has 18 nitrogen and oxygen atoms in total. The zero-order valence-electron chi connectivity index (χ0n) is 42.4. The standard InChI is InChI=1S/C54H84N4O14/c1-34-29-39(20-17-36-15-18-38(19-16-36)32-58-27-10-23-56-25-24-55-21-9-22-57-26-28-58)31-41(48(34)72-53-47(63)46(62)44(60)35(2)67-53)69-54-50(71-52(66)40-13-7-4-8-14-40)49(45(61)43(33-59)70-54)68-42(51(64)65)30-37-11-5-3-6-12-37/h4,7-8,13-16,18-19,34-35,37,39,41-50,53-57,59-63H,3,5-6,9-12,17,20-33H2,1-2H3,(H,64,65)/t34?,35?,39?,41?,42-,43?,44?,45?,46?,47?,48?,49?,50?,53?,54?/m0/s1. The van der Waals surface area contributed by atoms with E-state index >= 15 is 0 Å². The molecular formula is C54H84N4O14. The molecule has 3 aliphatic heterocycles. The lowest BCUT2D eigenvalue weighted by atomic mass is 9.76. The monoisotopic (exact) mass is 1010 g/mol. The summed E-state index contributed by atoms with van der Waals surface area (Å²) < 4.78 is 38.2. The van der Waals surface area contributed by atoms with Crippen LogP contribution in [0.5, 0.6) is 0 Å². The van der Waals surface area contributed by atoms with Gasteiger partial charge in [0.25, 0.3) is 0 Å². The van der Waals surface area contributed by atoms with Crippen LogP contribution < -0.4 is 16.0 Å². The number of carbonyl (C=O) groups is 2. The summed E-state index contributed by atoms with van der Waals surface area (Å²) in [5.41, 5.74) is 2.63. The van der Waals surface area contributed by atoms with Crippen molar-refractivity contribution in [3.05, 3.63) is 71.3 Å². The molecule has 0 aromatic heterocycles. The fraction of sp³-hybridized carbons (Fsp3) is 0.741. The van der Waals surface area contributed by atoms with Crippen molar-refractivity contribution in [3.8, 4) is 0 Å². The van der Waals surface area contributed by atoms with Gasteiger partial charge in [0.2, 0.25) is 0 Å². The van der Waals surface area contributed by atoms with Gasteiger partial charge in [0.15, 0.2) is 24.8 Å². The molecule has 2 aliphatic carbocycles. The Morgan fingerprint density at radius 3 is 2.10 bits per heavy atom. The zero-order valence-corrected chi connectivity index (χ0v) is 42.4. The van der Waals surface area contributed by atoms with Gasteiger partial charge in [-0.05, 0) is 119 Å². The van der Waals surface area contributed by atoms with Crippen molar-refractivity contribution in [2.75, 3.05) is 59.0 Å². The maximum atomic E-state index is 13.9. The van der Waals surface area contributed by atoms with Crippen LogP contribution in [0.2, 0.25) is 0 Å². The third kappa shape index (κ3) is 16.2. The highest BCUT2D eigenvalue weighted by atomic mass is 16.7. The second-order valence-corrected chi connectivity index (χ2v) is 21.0. The molecule has 72 heavy (non-hydrogen) atoms. The molecule has 18 heteroatoms. The predicted molar refractivity (Wildman–Crippen MR) is 267 cm³/mol. The van der Waals surface area contributed by atoms with E-state index in [1.165, 1.54) is 11.1 Å². The van der Waals surface area contributed by atoms with Crippen LogP contribution in [-0.2, 0) is 46.2 Å². The SMILES string of the molecule is CC1CC(CCc2ccc(CN3CCCNCCNCCCNCC3)cc2)CC(OC2OC(CO)C(O)C(O[C@@H](CC3CCCCC3)C(=O)O)C2OC(=O)c2ccccc2)C1OC1OC(C)C(O)C(O)C1O. The highest BCUT2D eigenvalue weighted by molar-refractivity contribution is 5.89. The first-order valence-electron chi connectivity index (χ1n) is 26.9. The number of nitrogens with zero attached hydrogens (tertiary/aromatic N) is 1. The average Bonchev–Trinajstić information content (AvgIpc) is 3.38. The normalized spacial score (nSPS) is 34.7. The average molecular weight is 1010 g/mol. The second-order valence-electron chi connectivity index (χ2n) is 21.0. The Bertz CT molecular complexity index is 1880. The molecule has 0 bridgehead atoms. The maximum absolute atomic E-state index is 13.9. The van der Waals surface area contributed by atoms with Crippen LogP contribution in [0.3, 0.4) is 0 Å². The number of carboxylic acid groups (broad SMARTS) is 1. The Kier molecular flexibility index (Phi) is 22.5. The number of esters is 1. The van der Waals surface area contributed by atoms with E-state index in [1.807, 2.05) is 6.92 Å². The topological polar surface area (TPSA) is 250 Å². The number of benzene rings is 2. The van der Waals surface area contributed by atoms with Gasteiger partial charge < -0.3 is 75.0 Å². The van der Waals surface area contributed by atoms with Crippen molar-refractivity contribution in [2.24, 2.45) is 17.8 Å². The smallest absolute Gasteiger partial charge is 0.338 e. The number of hydrogen-bond donors (Lipinski definition) is 9. The van der Waals surface area contributed by atoms with Gasteiger partial charge in [-0.15, -0.1) is 0 Å². The van der Waals surface area contributed by atoms with Gasteiger partial charge in [-0.1, -0.05) is 81.5 Å². The lowest BCUT2D eigenvalue weighted by Crippen LogP contribution is -2.64. The Hall–Kier alpha value is -3.18. The molecule has 0 spiro atoms. The van der Waals surface area contributed by atoms with Gasteiger partial charge in [0, 0.05) is 32.7 Å². The summed E-state index contributed by atoms with van der Waals surface area (Å²) >= 11 is 0. The summed E-state index contributed by atoms with van der Waals surface area (Å²) in [6.07, 6.45) is -7.42. The summed E-state index contributed by atoms with van der Waals surface area (Å²) in [5.74, 6) is -2.08. The predicted octanol–water partition coefficient (Wildman–Crippen LogP) is 2.74. The molecule has 5 fully saturated rings. The number of nitrogens with one attached hydrogen (secondary N) is 3. The number of aryl methyl sites for hydroxylation is 1. The summed E-state index contributed by atoms with van der Waals surface area (Å²) in [5, 5.41) is 75.9. The van der Waals surface area contributed by atoms with Crippen LogP contribution in [0.1, 0.15) is 106 Å². The van der Waals surface area contributed by atoms with Crippen molar-refractivity contribution >= 4 is 11.9 Å². The molecule has 2 aromatic carbocycles. The first-order chi connectivity index (χ1) is 34.9. The minimum Gasteiger partial charge on any atom is -0.479 e. The summed E-state index contributed by atoms with van der Waals surface area (Å²) in [4.78, 5) is 29.3. The number of rotatable bonds is 17. The first kappa shape index (κ1) is 56.5. The number of carboxylic acids is 1. The summed E-state index contributed by atoms with van der Waals surface area (Å²) in [6.45, 7) is 11.6. The summed E-state index contributed by atoms with van der Waals surface area (Å²) in [7, 11) is 0. The van der Waals surface area contributed by atoms with Crippen LogP contribution >= 0.6 is 0 Å². The van der Waals surface area contributed by atoms with Gasteiger partial charge in [0.05, 0.1) is 30.5 Å². The number of aliphatic hydroxyl groups is 5.